The van der Waals surface area contributed by atoms with Gasteiger partial charge in [0.1, 0.15) is 13.2 Å². The molecule has 0 spiro atoms. The second-order valence-electron chi connectivity index (χ2n) is 10.3. The first-order chi connectivity index (χ1) is 22.4. The molecule has 0 aliphatic carbocycles. The van der Waals surface area contributed by atoms with Crippen LogP contribution in [-0.2, 0) is 31.9 Å². The summed E-state index contributed by atoms with van der Waals surface area (Å²) in [7, 11) is 0. The van der Waals surface area contributed by atoms with Gasteiger partial charge >= 0.3 is 24.0 Å². The van der Waals surface area contributed by atoms with Crippen molar-refractivity contribution in [1.82, 2.24) is 10.6 Å². The molecule has 4 aromatic carbocycles. The molecular weight excluding hydrogens is 584 g/mol. The Bertz CT molecular complexity index is 1450. The Kier molecular flexibility index (Phi) is 12.9. The number of hydrogen-bond donors (Lipinski definition) is 4. The Morgan fingerprint density at radius 2 is 0.826 bits per heavy atom. The van der Waals surface area contributed by atoms with Crippen molar-refractivity contribution >= 4 is 35.4 Å². The van der Waals surface area contributed by atoms with Crippen molar-refractivity contribution in [2.75, 3.05) is 23.8 Å². The molecular formula is C36H36N4O6. The van der Waals surface area contributed by atoms with Crippen molar-refractivity contribution in [3.05, 3.63) is 145 Å². The van der Waals surface area contributed by atoms with E-state index in [9.17, 15) is 19.2 Å². The number of carbonyl (C=O) groups excluding carboxylic acids is 4. The fourth-order valence-corrected chi connectivity index (χ4v) is 4.45. The second-order valence-corrected chi connectivity index (χ2v) is 10.3. The predicted octanol–water partition coefficient (Wildman–Crippen LogP) is 5.50. The van der Waals surface area contributed by atoms with E-state index in [-0.39, 0.29) is 13.2 Å². The molecule has 0 radical (unpaired) electrons. The van der Waals surface area contributed by atoms with Gasteiger partial charge in [0.25, 0.3) is 0 Å². The zero-order valence-corrected chi connectivity index (χ0v) is 25.1. The van der Waals surface area contributed by atoms with Crippen molar-refractivity contribution in [3.8, 4) is 0 Å². The highest BCUT2D eigenvalue weighted by Crippen LogP contribution is 2.09. The standard InChI is InChI=1S/C36H36N4O6/c41-33(45-25-31(23-27-13-5-1-6-14-27)39-35(43)37-29-17-9-3-10-18-29)21-22-34(42)46-26-32(24-28-15-7-2-8-16-28)40-36(44)38-30-19-11-4-12-20-30/h1-22,31-32H,23-26H2,(H2,37,39,43)(H2,38,40,44)/b22-21+/t31-,32-/m0/s1. The monoisotopic (exact) mass is 620 g/mol. The lowest BCUT2D eigenvalue weighted by molar-refractivity contribution is -0.141. The molecule has 0 bridgehead atoms. The topological polar surface area (TPSA) is 135 Å². The lowest BCUT2D eigenvalue weighted by atomic mass is 10.1. The molecule has 4 aromatic rings. The number of hydrogen-bond acceptors (Lipinski definition) is 6. The van der Waals surface area contributed by atoms with Gasteiger partial charge in [-0.2, -0.15) is 0 Å². The average molecular weight is 621 g/mol. The first-order valence-electron chi connectivity index (χ1n) is 14.8. The number of para-hydroxylation sites is 2. The van der Waals surface area contributed by atoms with Crippen LogP contribution in [0.3, 0.4) is 0 Å². The van der Waals surface area contributed by atoms with E-state index in [1.165, 1.54) is 0 Å². The van der Waals surface area contributed by atoms with Crippen LogP contribution < -0.4 is 21.3 Å². The van der Waals surface area contributed by atoms with Crippen LogP contribution in [0.1, 0.15) is 11.1 Å². The second kappa shape index (κ2) is 18.0. The summed E-state index contributed by atoms with van der Waals surface area (Å²) < 4.78 is 10.7. The van der Waals surface area contributed by atoms with E-state index in [1.807, 2.05) is 72.8 Å². The summed E-state index contributed by atoms with van der Waals surface area (Å²) in [5.41, 5.74) is 3.13. The van der Waals surface area contributed by atoms with Crippen LogP contribution in [0.2, 0.25) is 0 Å². The molecule has 2 atom stereocenters. The van der Waals surface area contributed by atoms with Gasteiger partial charge < -0.3 is 30.7 Å². The third-order valence-corrected chi connectivity index (χ3v) is 6.59. The Balaban J connectivity index is 1.28. The summed E-state index contributed by atoms with van der Waals surface area (Å²) in [6.45, 7) is -0.260. The molecule has 0 aliphatic rings. The van der Waals surface area contributed by atoms with E-state index in [0.717, 1.165) is 23.3 Å². The maximum absolute atomic E-state index is 12.6. The van der Waals surface area contributed by atoms with Crippen LogP contribution in [0.25, 0.3) is 0 Å². The van der Waals surface area contributed by atoms with Gasteiger partial charge in [-0.3, -0.25) is 0 Å². The number of ether oxygens (including phenoxy) is 2. The highest BCUT2D eigenvalue weighted by Gasteiger charge is 2.17. The zero-order valence-electron chi connectivity index (χ0n) is 25.1. The normalized spacial score (nSPS) is 11.9. The number of rotatable bonds is 14. The quantitative estimate of drug-likeness (QED) is 0.109. The van der Waals surface area contributed by atoms with Gasteiger partial charge in [-0.05, 0) is 48.2 Å². The van der Waals surface area contributed by atoms with Crippen molar-refractivity contribution in [2.24, 2.45) is 0 Å². The third-order valence-electron chi connectivity index (χ3n) is 6.59. The molecule has 0 fully saturated rings. The molecule has 10 heteroatoms. The number of benzene rings is 4. The molecule has 4 rings (SSSR count). The van der Waals surface area contributed by atoms with Gasteiger partial charge in [0.2, 0.25) is 0 Å². The van der Waals surface area contributed by atoms with Crippen LogP contribution in [-0.4, -0.2) is 49.3 Å². The molecule has 0 aromatic heterocycles. The van der Waals surface area contributed by atoms with Crippen LogP contribution in [0.4, 0.5) is 21.0 Å². The van der Waals surface area contributed by atoms with Crippen molar-refractivity contribution < 1.29 is 28.7 Å². The van der Waals surface area contributed by atoms with Gasteiger partial charge in [-0.15, -0.1) is 0 Å². The maximum atomic E-state index is 12.6. The van der Waals surface area contributed by atoms with Gasteiger partial charge in [-0.25, -0.2) is 19.2 Å². The highest BCUT2D eigenvalue weighted by atomic mass is 16.5. The number of esters is 2. The first kappa shape index (κ1) is 33.0. The Morgan fingerprint density at radius 3 is 1.17 bits per heavy atom. The molecule has 236 valence electrons. The zero-order chi connectivity index (χ0) is 32.4. The summed E-state index contributed by atoms with van der Waals surface area (Å²) in [4.78, 5) is 50.1. The molecule has 0 saturated carbocycles. The lowest BCUT2D eigenvalue weighted by Gasteiger charge is -2.19. The van der Waals surface area contributed by atoms with E-state index in [4.69, 9.17) is 9.47 Å². The van der Waals surface area contributed by atoms with Crippen LogP contribution in [0.15, 0.2) is 133 Å². The minimum absolute atomic E-state index is 0.130. The molecule has 4 amide bonds. The average Bonchev–Trinajstić information content (AvgIpc) is 3.07. The predicted molar refractivity (Wildman–Crippen MR) is 176 cm³/mol. The summed E-state index contributed by atoms with van der Waals surface area (Å²) in [5.74, 6) is -1.55. The van der Waals surface area contributed by atoms with Crippen LogP contribution in [0.5, 0.6) is 0 Å². The number of urea groups is 2. The van der Waals surface area contributed by atoms with E-state index < -0.39 is 36.1 Å². The smallest absolute Gasteiger partial charge is 0.331 e. The highest BCUT2D eigenvalue weighted by molar-refractivity contribution is 5.92. The minimum Gasteiger partial charge on any atom is -0.460 e. The lowest BCUT2D eigenvalue weighted by Crippen LogP contribution is -2.42. The summed E-state index contributed by atoms with van der Waals surface area (Å²) in [6, 6.07) is 34.9. The van der Waals surface area contributed by atoms with Gasteiger partial charge in [0, 0.05) is 23.5 Å². The molecule has 0 unspecified atom stereocenters. The number of amides is 4. The van der Waals surface area contributed by atoms with E-state index in [0.29, 0.717) is 24.2 Å². The van der Waals surface area contributed by atoms with E-state index in [1.54, 1.807) is 48.5 Å². The van der Waals surface area contributed by atoms with Crippen molar-refractivity contribution in [1.29, 1.82) is 0 Å². The number of carbonyl (C=O) groups is 4. The Morgan fingerprint density at radius 1 is 0.500 bits per heavy atom. The fraction of sp³-hybridized carbons (Fsp3) is 0.167. The molecule has 0 aliphatic heterocycles. The van der Waals surface area contributed by atoms with Crippen LogP contribution >= 0.6 is 0 Å². The minimum atomic E-state index is -0.776. The summed E-state index contributed by atoms with van der Waals surface area (Å²) in [5, 5.41) is 11.2. The maximum Gasteiger partial charge on any atom is 0.331 e. The van der Waals surface area contributed by atoms with Gasteiger partial charge in [0.15, 0.2) is 0 Å². The molecule has 0 saturated heterocycles. The van der Waals surface area contributed by atoms with Crippen molar-refractivity contribution in [2.45, 2.75) is 24.9 Å². The van der Waals surface area contributed by atoms with Crippen LogP contribution in [0, 0.1) is 0 Å². The van der Waals surface area contributed by atoms with Crippen molar-refractivity contribution in [3.63, 3.8) is 0 Å². The van der Waals surface area contributed by atoms with E-state index >= 15 is 0 Å². The van der Waals surface area contributed by atoms with Gasteiger partial charge in [-0.1, -0.05) is 97.1 Å². The Hall–Kier alpha value is -5.90. The third kappa shape index (κ3) is 12.4. The molecule has 0 heterocycles. The fourth-order valence-electron chi connectivity index (χ4n) is 4.45. The van der Waals surface area contributed by atoms with Gasteiger partial charge in [0.05, 0.1) is 12.1 Å². The number of nitrogens with one attached hydrogen (secondary N) is 4. The largest absolute Gasteiger partial charge is 0.460 e. The SMILES string of the molecule is O=C(Nc1ccccc1)N[C@H](COC(=O)/C=C/C(=O)OC[C@H](Cc1ccccc1)NC(=O)Nc1ccccc1)Cc1ccccc1. The molecule has 4 N–H and O–H groups in total. The Labute approximate surface area is 267 Å². The first-order valence-corrected chi connectivity index (χ1v) is 14.8. The molecule has 10 nitrogen and oxygen atoms in total. The summed E-state index contributed by atoms with van der Waals surface area (Å²) >= 11 is 0. The van der Waals surface area contributed by atoms with E-state index in [2.05, 4.69) is 21.3 Å². The summed E-state index contributed by atoms with van der Waals surface area (Å²) in [6.07, 6.45) is 2.76. The molecule has 46 heavy (non-hydrogen) atoms. The number of anilines is 2.